The van der Waals surface area contributed by atoms with Crippen LogP contribution in [0.15, 0.2) is 18.2 Å². The number of rotatable bonds is 3. The van der Waals surface area contributed by atoms with E-state index in [9.17, 15) is 0 Å². The Morgan fingerprint density at radius 2 is 2.28 bits per heavy atom. The van der Waals surface area contributed by atoms with Crippen molar-refractivity contribution in [1.82, 2.24) is 0 Å². The van der Waals surface area contributed by atoms with Crippen molar-refractivity contribution in [1.29, 1.82) is 0 Å². The summed E-state index contributed by atoms with van der Waals surface area (Å²) in [6.45, 7) is 3.31. The van der Waals surface area contributed by atoms with Crippen LogP contribution in [0.2, 0.25) is 0 Å². The summed E-state index contributed by atoms with van der Waals surface area (Å²) in [6.07, 6.45) is 0.798. The number of methoxy groups -OCH3 is 1. The molecule has 4 nitrogen and oxygen atoms in total. The van der Waals surface area contributed by atoms with E-state index >= 15 is 0 Å². The van der Waals surface area contributed by atoms with Gasteiger partial charge in [0.1, 0.15) is 0 Å². The van der Waals surface area contributed by atoms with Crippen LogP contribution in [0.1, 0.15) is 25.0 Å². The highest BCUT2D eigenvalue weighted by Crippen LogP contribution is 2.48. The first kappa shape index (κ1) is 11.8. The molecule has 1 saturated heterocycles. The first-order chi connectivity index (χ1) is 8.85. The van der Waals surface area contributed by atoms with Crippen LogP contribution in [-0.2, 0) is 9.47 Å². The van der Waals surface area contributed by atoms with E-state index in [1.54, 1.807) is 7.11 Å². The SMILES string of the molecule is CCOc1cccc2c1O[C@H]1OCC[C@H]1[C@@H]2OC. The van der Waals surface area contributed by atoms with Crippen LogP contribution >= 0.6 is 0 Å². The van der Waals surface area contributed by atoms with E-state index in [1.807, 2.05) is 25.1 Å². The smallest absolute Gasteiger partial charge is 0.205 e. The summed E-state index contributed by atoms with van der Waals surface area (Å²) in [6, 6.07) is 5.94. The minimum absolute atomic E-state index is 0.0293. The zero-order chi connectivity index (χ0) is 12.5. The molecule has 0 unspecified atom stereocenters. The van der Waals surface area contributed by atoms with E-state index in [2.05, 4.69) is 0 Å². The Morgan fingerprint density at radius 1 is 1.39 bits per heavy atom. The average Bonchev–Trinajstić information content (AvgIpc) is 2.85. The van der Waals surface area contributed by atoms with Crippen molar-refractivity contribution in [2.75, 3.05) is 20.3 Å². The Labute approximate surface area is 107 Å². The fourth-order valence-electron chi connectivity index (χ4n) is 2.80. The third kappa shape index (κ3) is 1.76. The van der Waals surface area contributed by atoms with E-state index in [1.165, 1.54) is 0 Å². The van der Waals surface area contributed by atoms with Gasteiger partial charge in [0, 0.05) is 12.7 Å². The molecule has 1 aromatic rings. The fourth-order valence-corrected chi connectivity index (χ4v) is 2.80. The molecule has 18 heavy (non-hydrogen) atoms. The molecule has 0 aliphatic carbocycles. The van der Waals surface area contributed by atoms with E-state index < -0.39 is 0 Å². The number of ether oxygens (including phenoxy) is 4. The molecule has 0 aromatic heterocycles. The Morgan fingerprint density at radius 3 is 3.06 bits per heavy atom. The van der Waals surface area contributed by atoms with Crippen LogP contribution in [0.4, 0.5) is 0 Å². The van der Waals surface area contributed by atoms with E-state index in [-0.39, 0.29) is 18.3 Å². The van der Waals surface area contributed by atoms with Gasteiger partial charge in [-0.1, -0.05) is 12.1 Å². The molecule has 1 aromatic carbocycles. The van der Waals surface area contributed by atoms with Crippen molar-refractivity contribution in [3.05, 3.63) is 23.8 Å². The molecule has 2 heterocycles. The summed E-state index contributed by atoms with van der Waals surface area (Å²) in [5.74, 6) is 1.82. The molecular formula is C14H18O4. The van der Waals surface area contributed by atoms with Crippen molar-refractivity contribution in [3.63, 3.8) is 0 Å². The van der Waals surface area contributed by atoms with Gasteiger partial charge in [-0.25, -0.2) is 0 Å². The van der Waals surface area contributed by atoms with Crippen LogP contribution in [-0.4, -0.2) is 26.6 Å². The summed E-state index contributed by atoms with van der Waals surface area (Å²) < 4.78 is 22.8. The molecule has 1 fully saturated rings. The number of para-hydroxylation sites is 1. The highest BCUT2D eigenvalue weighted by atomic mass is 16.7. The quantitative estimate of drug-likeness (QED) is 0.826. The second kappa shape index (κ2) is 4.78. The van der Waals surface area contributed by atoms with Gasteiger partial charge in [-0.3, -0.25) is 0 Å². The molecule has 4 heteroatoms. The van der Waals surface area contributed by atoms with Gasteiger partial charge in [0.05, 0.1) is 25.2 Å². The van der Waals surface area contributed by atoms with Gasteiger partial charge in [-0.15, -0.1) is 0 Å². The van der Waals surface area contributed by atoms with E-state index in [4.69, 9.17) is 18.9 Å². The highest BCUT2D eigenvalue weighted by Gasteiger charge is 2.43. The lowest BCUT2D eigenvalue weighted by molar-refractivity contribution is -0.113. The van der Waals surface area contributed by atoms with Gasteiger partial charge in [-0.05, 0) is 19.4 Å². The van der Waals surface area contributed by atoms with E-state index in [0.717, 1.165) is 30.1 Å². The van der Waals surface area contributed by atoms with Gasteiger partial charge in [0.2, 0.25) is 6.29 Å². The summed E-state index contributed by atoms with van der Waals surface area (Å²) in [7, 11) is 1.74. The molecule has 98 valence electrons. The molecule has 3 atom stereocenters. The molecule has 3 rings (SSSR count). The molecule has 2 aliphatic rings. The first-order valence-electron chi connectivity index (χ1n) is 6.42. The second-order valence-electron chi connectivity index (χ2n) is 4.57. The third-order valence-electron chi connectivity index (χ3n) is 3.58. The summed E-state index contributed by atoms with van der Waals surface area (Å²) in [5, 5.41) is 0. The normalized spacial score (nSPS) is 29.3. The van der Waals surface area contributed by atoms with Crippen LogP contribution in [0.5, 0.6) is 11.5 Å². The monoisotopic (exact) mass is 250 g/mol. The fraction of sp³-hybridized carbons (Fsp3) is 0.571. The molecule has 0 N–H and O–H groups in total. The molecular weight excluding hydrogens is 232 g/mol. The van der Waals surface area contributed by atoms with Crippen molar-refractivity contribution in [2.45, 2.75) is 25.7 Å². The van der Waals surface area contributed by atoms with Gasteiger partial charge in [0.15, 0.2) is 11.5 Å². The Balaban J connectivity index is 2.02. The van der Waals surface area contributed by atoms with Gasteiger partial charge < -0.3 is 18.9 Å². The molecule has 0 spiro atoms. The zero-order valence-electron chi connectivity index (χ0n) is 10.7. The predicted molar refractivity (Wildman–Crippen MR) is 65.8 cm³/mol. The van der Waals surface area contributed by atoms with Crippen LogP contribution in [0, 0.1) is 5.92 Å². The number of hydrogen-bond donors (Lipinski definition) is 0. The van der Waals surface area contributed by atoms with Crippen LogP contribution in [0.25, 0.3) is 0 Å². The van der Waals surface area contributed by atoms with Crippen molar-refractivity contribution < 1.29 is 18.9 Å². The lowest BCUT2D eigenvalue weighted by Crippen LogP contribution is -2.34. The topological polar surface area (TPSA) is 36.9 Å². The summed E-state index contributed by atoms with van der Waals surface area (Å²) in [5.41, 5.74) is 1.07. The van der Waals surface area contributed by atoms with Gasteiger partial charge in [-0.2, -0.15) is 0 Å². The van der Waals surface area contributed by atoms with Gasteiger partial charge in [0.25, 0.3) is 0 Å². The van der Waals surface area contributed by atoms with Crippen LogP contribution < -0.4 is 9.47 Å². The van der Waals surface area contributed by atoms with Crippen LogP contribution in [0.3, 0.4) is 0 Å². The molecule has 0 amide bonds. The first-order valence-corrected chi connectivity index (χ1v) is 6.42. The predicted octanol–water partition coefficient (Wildman–Crippen LogP) is 2.53. The zero-order valence-corrected chi connectivity index (χ0v) is 10.7. The maximum atomic E-state index is 5.94. The largest absolute Gasteiger partial charge is 0.490 e. The molecule has 2 aliphatic heterocycles. The third-order valence-corrected chi connectivity index (χ3v) is 3.58. The Bertz CT molecular complexity index is 432. The average molecular weight is 250 g/mol. The lowest BCUT2D eigenvalue weighted by Gasteiger charge is -2.34. The minimum Gasteiger partial charge on any atom is -0.490 e. The summed E-state index contributed by atoms with van der Waals surface area (Å²) >= 11 is 0. The molecule has 0 radical (unpaired) electrons. The lowest BCUT2D eigenvalue weighted by atomic mass is 9.90. The Kier molecular flexibility index (Phi) is 3.14. The highest BCUT2D eigenvalue weighted by molar-refractivity contribution is 5.49. The molecule has 0 bridgehead atoms. The van der Waals surface area contributed by atoms with Gasteiger partial charge >= 0.3 is 0 Å². The second-order valence-corrected chi connectivity index (χ2v) is 4.57. The maximum Gasteiger partial charge on any atom is 0.205 e. The number of fused-ring (bicyclic) bond motifs is 2. The minimum atomic E-state index is -0.205. The van der Waals surface area contributed by atoms with E-state index in [0.29, 0.717) is 6.61 Å². The van der Waals surface area contributed by atoms with Crippen molar-refractivity contribution >= 4 is 0 Å². The van der Waals surface area contributed by atoms with Crippen molar-refractivity contribution in [2.24, 2.45) is 5.92 Å². The Hall–Kier alpha value is -1.26. The summed E-state index contributed by atoms with van der Waals surface area (Å²) in [4.78, 5) is 0. The standard InChI is InChI=1S/C14H18O4/c1-3-16-11-6-4-5-9-12(15-2)10-7-8-17-14(10)18-13(9)11/h4-6,10,12,14H,3,7-8H2,1-2H3/t10-,12+,14+/m0/s1. The number of benzene rings is 1. The molecule has 0 saturated carbocycles. The number of hydrogen-bond acceptors (Lipinski definition) is 4. The van der Waals surface area contributed by atoms with Crippen molar-refractivity contribution in [3.8, 4) is 11.5 Å². The maximum absolute atomic E-state index is 5.94.